The number of benzene rings is 1. The second-order valence-corrected chi connectivity index (χ2v) is 4.07. The van der Waals surface area contributed by atoms with Gasteiger partial charge in [-0.05, 0) is 18.2 Å². The molecule has 0 radical (unpaired) electrons. The van der Waals surface area contributed by atoms with Crippen LogP contribution in [0.2, 0.25) is 0 Å². The zero-order chi connectivity index (χ0) is 12.5. The molecule has 2 aromatic heterocycles. The SMILES string of the molecule is Cn1ccc(NC(=O)c2cccc3[nH]ccc23)n1. The molecule has 0 aliphatic carbocycles. The largest absolute Gasteiger partial charge is 0.361 e. The van der Waals surface area contributed by atoms with Crippen LogP contribution in [0.15, 0.2) is 42.7 Å². The van der Waals surface area contributed by atoms with Crippen molar-refractivity contribution < 1.29 is 4.79 Å². The van der Waals surface area contributed by atoms with Crippen LogP contribution in [0.4, 0.5) is 5.82 Å². The van der Waals surface area contributed by atoms with Crippen molar-refractivity contribution in [1.29, 1.82) is 0 Å². The fraction of sp³-hybridized carbons (Fsp3) is 0.0769. The summed E-state index contributed by atoms with van der Waals surface area (Å²) in [6, 6.07) is 9.24. The van der Waals surface area contributed by atoms with E-state index in [-0.39, 0.29) is 5.91 Å². The number of H-pyrrole nitrogens is 1. The third-order valence-electron chi connectivity index (χ3n) is 2.79. The number of hydrogen-bond acceptors (Lipinski definition) is 2. The lowest BCUT2D eigenvalue weighted by Crippen LogP contribution is -2.12. The Kier molecular flexibility index (Phi) is 2.37. The lowest BCUT2D eigenvalue weighted by atomic mass is 10.1. The number of fused-ring (bicyclic) bond motifs is 1. The van der Waals surface area contributed by atoms with E-state index in [1.165, 1.54) is 0 Å². The van der Waals surface area contributed by atoms with E-state index in [4.69, 9.17) is 0 Å². The highest BCUT2D eigenvalue weighted by Crippen LogP contribution is 2.18. The summed E-state index contributed by atoms with van der Waals surface area (Å²) in [6.45, 7) is 0. The van der Waals surface area contributed by atoms with Gasteiger partial charge in [-0.2, -0.15) is 5.10 Å². The van der Waals surface area contributed by atoms with Gasteiger partial charge < -0.3 is 10.3 Å². The number of aryl methyl sites for hydroxylation is 1. The molecule has 1 amide bonds. The van der Waals surface area contributed by atoms with Gasteiger partial charge in [0, 0.05) is 42.0 Å². The van der Waals surface area contributed by atoms with Gasteiger partial charge in [0.05, 0.1) is 0 Å². The van der Waals surface area contributed by atoms with Crippen molar-refractivity contribution in [2.75, 3.05) is 5.32 Å². The highest BCUT2D eigenvalue weighted by atomic mass is 16.1. The van der Waals surface area contributed by atoms with E-state index in [2.05, 4.69) is 15.4 Å². The highest BCUT2D eigenvalue weighted by molar-refractivity contribution is 6.12. The Hall–Kier alpha value is -2.56. The third kappa shape index (κ3) is 1.75. The molecule has 0 saturated heterocycles. The minimum Gasteiger partial charge on any atom is -0.361 e. The van der Waals surface area contributed by atoms with Crippen LogP contribution in [0.1, 0.15) is 10.4 Å². The summed E-state index contributed by atoms with van der Waals surface area (Å²) in [5.41, 5.74) is 1.59. The van der Waals surface area contributed by atoms with Crippen molar-refractivity contribution in [3.05, 3.63) is 48.3 Å². The molecule has 5 nitrogen and oxygen atoms in total. The molecule has 0 saturated carbocycles. The third-order valence-corrected chi connectivity index (χ3v) is 2.79. The summed E-state index contributed by atoms with van der Waals surface area (Å²) in [6.07, 6.45) is 3.61. The minimum atomic E-state index is -0.154. The second kappa shape index (κ2) is 4.03. The van der Waals surface area contributed by atoms with Crippen LogP contribution < -0.4 is 5.32 Å². The normalized spacial score (nSPS) is 10.7. The van der Waals surface area contributed by atoms with Crippen molar-refractivity contribution in [2.45, 2.75) is 0 Å². The van der Waals surface area contributed by atoms with Gasteiger partial charge in [0.15, 0.2) is 5.82 Å². The van der Waals surface area contributed by atoms with Crippen molar-refractivity contribution in [1.82, 2.24) is 14.8 Å². The molecule has 2 heterocycles. The maximum absolute atomic E-state index is 12.2. The van der Waals surface area contributed by atoms with Crippen LogP contribution >= 0.6 is 0 Å². The zero-order valence-corrected chi connectivity index (χ0v) is 9.84. The number of hydrogen-bond donors (Lipinski definition) is 2. The number of anilines is 1. The molecule has 1 aromatic carbocycles. The molecular weight excluding hydrogens is 228 g/mol. The van der Waals surface area contributed by atoms with Gasteiger partial charge in [-0.25, -0.2) is 0 Å². The lowest BCUT2D eigenvalue weighted by molar-refractivity contribution is 0.102. The first-order valence-electron chi connectivity index (χ1n) is 5.61. The molecule has 0 spiro atoms. The van der Waals surface area contributed by atoms with Crippen LogP contribution in [0.25, 0.3) is 10.9 Å². The van der Waals surface area contributed by atoms with Crippen LogP contribution in [-0.2, 0) is 7.05 Å². The van der Waals surface area contributed by atoms with Gasteiger partial charge >= 0.3 is 0 Å². The van der Waals surface area contributed by atoms with Gasteiger partial charge in [0.2, 0.25) is 0 Å². The maximum Gasteiger partial charge on any atom is 0.257 e. The minimum absolute atomic E-state index is 0.154. The van der Waals surface area contributed by atoms with E-state index in [0.29, 0.717) is 11.4 Å². The van der Waals surface area contributed by atoms with E-state index in [9.17, 15) is 4.79 Å². The molecule has 3 rings (SSSR count). The standard InChI is InChI=1S/C13H12N4O/c1-17-8-6-12(16-17)15-13(18)10-3-2-4-11-9(10)5-7-14-11/h2-8,14H,1H3,(H,15,16,18). The average molecular weight is 240 g/mol. The summed E-state index contributed by atoms with van der Waals surface area (Å²) in [5, 5.41) is 7.81. The van der Waals surface area contributed by atoms with Crippen LogP contribution in [-0.4, -0.2) is 20.7 Å². The number of aromatic amines is 1. The van der Waals surface area contributed by atoms with E-state index in [0.717, 1.165) is 10.9 Å². The summed E-state index contributed by atoms with van der Waals surface area (Å²) in [5.74, 6) is 0.397. The smallest absolute Gasteiger partial charge is 0.257 e. The van der Waals surface area contributed by atoms with Crippen LogP contribution in [0.5, 0.6) is 0 Å². The van der Waals surface area contributed by atoms with Crippen LogP contribution in [0.3, 0.4) is 0 Å². The summed E-state index contributed by atoms with van der Waals surface area (Å²) in [4.78, 5) is 15.2. The first-order valence-corrected chi connectivity index (χ1v) is 5.61. The van der Waals surface area contributed by atoms with Crippen molar-refractivity contribution in [2.24, 2.45) is 7.05 Å². The predicted octanol–water partition coefficient (Wildman–Crippen LogP) is 2.15. The first-order chi connectivity index (χ1) is 8.74. The number of carbonyl (C=O) groups excluding carboxylic acids is 1. The fourth-order valence-corrected chi connectivity index (χ4v) is 1.95. The maximum atomic E-state index is 12.2. The molecule has 0 unspecified atom stereocenters. The van der Waals surface area contributed by atoms with Crippen molar-refractivity contribution in [3.63, 3.8) is 0 Å². The molecule has 0 atom stereocenters. The molecule has 0 aliphatic heterocycles. The molecule has 2 N–H and O–H groups in total. The summed E-state index contributed by atoms with van der Waals surface area (Å²) < 4.78 is 1.65. The van der Waals surface area contributed by atoms with Gasteiger partial charge in [-0.15, -0.1) is 0 Å². The van der Waals surface area contributed by atoms with Gasteiger partial charge in [-0.3, -0.25) is 9.48 Å². The predicted molar refractivity (Wildman–Crippen MR) is 69.5 cm³/mol. The van der Waals surface area contributed by atoms with Gasteiger partial charge in [-0.1, -0.05) is 6.07 Å². The first kappa shape index (κ1) is 10.6. The Morgan fingerprint density at radius 3 is 3.00 bits per heavy atom. The lowest BCUT2D eigenvalue weighted by Gasteiger charge is -2.03. The Balaban J connectivity index is 1.94. The quantitative estimate of drug-likeness (QED) is 0.721. The van der Waals surface area contributed by atoms with E-state index in [1.807, 2.05) is 31.4 Å². The van der Waals surface area contributed by atoms with Gasteiger partial charge in [0.25, 0.3) is 5.91 Å². The van der Waals surface area contributed by atoms with E-state index >= 15 is 0 Å². The molecule has 90 valence electrons. The number of aromatic nitrogens is 3. The highest BCUT2D eigenvalue weighted by Gasteiger charge is 2.11. The fourth-order valence-electron chi connectivity index (χ4n) is 1.95. The number of nitrogens with one attached hydrogen (secondary N) is 2. The summed E-state index contributed by atoms with van der Waals surface area (Å²) >= 11 is 0. The Labute approximate surface area is 103 Å². The Morgan fingerprint density at radius 2 is 2.22 bits per heavy atom. The number of rotatable bonds is 2. The molecule has 18 heavy (non-hydrogen) atoms. The van der Waals surface area contributed by atoms with Gasteiger partial charge in [0.1, 0.15) is 0 Å². The molecule has 0 fully saturated rings. The van der Waals surface area contributed by atoms with Crippen molar-refractivity contribution in [3.8, 4) is 0 Å². The summed E-state index contributed by atoms with van der Waals surface area (Å²) in [7, 11) is 1.81. The van der Waals surface area contributed by atoms with Crippen LogP contribution in [0, 0.1) is 0 Å². The Morgan fingerprint density at radius 1 is 1.33 bits per heavy atom. The number of amides is 1. The number of nitrogens with zero attached hydrogens (tertiary/aromatic N) is 2. The molecule has 5 heteroatoms. The zero-order valence-electron chi connectivity index (χ0n) is 9.84. The molecule has 3 aromatic rings. The topological polar surface area (TPSA) is 62.7 Å². The molecular formula is C13H12N4O. The van der Waals surface area contributed by atoms with E-state index < -0.39 is 0 Å². The second-order valence-electron chi connectivity index (χ2n) is 4.07. The van der Waals surface area contributed by atoms with E-state index in [1.54, 1.807) is 23.0 Å². The monoisotopic (exact) mass is 240 g/mol. The van der Waals surface area contributed by atoms with Crippen molar-refractivity contribution >= 4 is 22.6 Å². The number of carbonyl (C=O) groups is 1. The molecule has 0 bridgehead atoms. The Bertz CT molecular complexity index is 710. The molecule has 0 aliphatic rings. The average Bonchev–Trinajstić information content (AvgIpc) is 2.97.